The summed E-state index contributed by atoms with van der Waals surface area (Å²) in [5.74, 6) is 0. The van der Waals surface area contributed by atoms with Gasteiger partial charge >= 0.3 is 0 Å². The molecule has 0 saturated heterocycles. The zero-order valence-electron chi connectivity index (χ0n) is 16.6. The van der Waals surface area contributed by atoms with Crippen LogP contribution in [0, 0.1) is 6.92 Å². The molecule has 0 radical (unpaired) electrons. The number of halogens is 1. The summed E-state index contributed by atoms with van der Waals surface area (Å²) in [5.41, 5.74) is 2.09. The smallest absolute Gasteiger partial charge is 0.144 e. The van der Waals surface area contributed by atoms with Gasteiger partial charge in [-0.3, -0.25) is 0 Å². The Morgan fingerprint density at radius 2 is 1.67 bits per heavy atom. The molecule has 1 atom stereocenters. The van der Waals surface area contributed by atoms with E-state index in [1.165, 1.54) is 0 Å². The molecule has 0 amide bonds. The fourth-order valence-corrected chi connectivity index (χ4v) is 4.28. The zero-order chi connectivity index (χ0) is 20.7. The predicted octanol–water partition coefficient (Wildman–Crippen LogP) is 5.69. The lowest BCUT2D eigenvalue weighted by molar-refractivity contribution is 0.0528. The lowest BCUT2D eigenvalue weighted by atomic mass is 9.81. The molecular weight excluding hydrogens is 375 g/mol. The first-order valence-electron chi connectivity index (χ1n) is 9.93. The Bertz CT molecular complexity index is 1360. The van der Waals surface area contributed by atoms with E-state index in [4.69, 9.17) is 0 Å². The molecule has 5 aromatic rings. The fraction of sp³-hybridized carbons (Fsp3) is 0.115. The van der Waals surface area contributed by atoms with Crippen molar-refractivity contribution >= 4 is 21.7 Å². The first-order chi connectivity index (χ1) is 14.6. The molecule has 0 spiro atoms. The van der Waals surface area contributed by atoms with Crippen LogP contribution < -0.4 is 0 Å². The van der Waals surface area contributed by atoms with Crippen LogP contribution in [0.2, 0.25) is 0 Å². The number of hydrogen-bond donors (Lipinski definition) is 1. The van der Waals surface area contributed by atoms with Gasteiger partial charge in [0, 0.05) is 10.9 Å². The van der Waals surface area contributed by atoms with E-state index in [0.717, 1.165) is 32.9 Å². The molecule has 0 aliphatic rings. The van der Waals surface area contributed by atoms with Gasteiger partial charge in [-0.1, -0.05) is 60.7 Å². The van der Waals surface area contributed by atoms with Gasteiger partial charge in [0.15, 0.2) is 0 Å². The minimum atomic E-state index is -1.74. The Morgan fingerprint density at radius 1 is 0.900 bits per heavy atom. The van der Waals surface area contributed by atoms with Crippen LogP contribution in [0.15, 0.2) is 91.1 Å². The summed E-state index contributed by atoms with van der Waals surface area (Å²) in [6.07, 6.45) is 1.75. The van der Waals surface area contributed by atoms with Crippen LogP contribution in [0.5, 0.6) is 0 Å². The lowest BCUT2D eigenvalue weighted by Crippen LogP contribution is -2.31. The monoisotopic (exact) mass is 396 g/mol. The number of aliphatic hydroxyl groups is 1. The number of nitrogens with zero attached hydrogens (tertiary/aromatic N) is 2. The SMILES string of the molecule is Cc1ccc2ccccc2c1C(O)(CF)c1ccc2c(cnn2-c2ccccc2)c1. The molecule has 30 heavy (non-hydrogen) atoms. The van der Waals surface area contributed by atoms with E-state index in [-0.39, 0.29) is 0 Å². The minimum Gasteiger partial charge on any atom is -0.378 e. The van der Waals surface area contributed by atoms with Crippen molar-refractivity contribution in [1.29, 1.82) is 0 Å². The van der Waals surface area contributed by atoms with Gasteiger partial charge in [0.25, 0.3) is 0 Å². The van der Waals surface area contributed by atoms with Gasteiger partial charge in [-0.25, -0.2) is 9.07 Å². The Labute approximate surface area is 174 Å². The summed E-state index contributed by atoms with van der Waals surface area (Å²) in [4.78, 5) is 0. The molecule has 4 aromatic carbocycles. The third-order valence-electron chi connectivity index (χ3n) is 5.79. The molecule has 0 aliphatic heterocycles. The second-order valence-electron chi connectivity index (χ2n) is 7.64. The Kier molecular flexibility index (Phi) is 4.37. The van der Waals surface area contributed by atoms with Crippen LogP contribution in [0.1, 0.15) is 16.7 Å². The number of rotatable bonds is 4. The highest BCUT2D eigenvalue weighted by molar-refractivity contribution is 5.89. The van der Waals surface area contributed by atoms with Crippen LogP contribution >= 0.6 is 0 Å². The van der Waals surface area contributed by atoms with Gasteiger partial charge in [0.1, 0.15) is 12.3 Å². The maximum absolute atomic E-state index is 14.5. The van der Waals surface area contributed by atoms with Gasteiger partial charge < -0.3 is 5.11 Å². The quantitative estimate of drug-likeness (QED) is 0.424. The number of aryl methyl sites for hydroxylation is 1. The van der Waals surface area contributed by atoms with Crippen molar-refractivity contribution < 1.29 is 9.50 Å². The van der Waals surface area contributed by atoms with E-state index in [0.29, 0.717) is 11.1 Å². The Hall–Kier alpha value is -3.50. The van der Waals surface area contributed by atoms with Gasteiger partial charge in [0.2, 0.25) is 0 Å². The number of alkyl halides is 1. The number of para-hydroxylation sites is 1. The van der Waals surface area contributed by atoms with E-state index in [2.05, 4.69) is 5.10 Å². The number of benzene rings is 4. The summed E-state index contributed by atoms with van der Waals surface area (Å²) < 4.78 is 16.4. The van der Waals surface area contributed by atoms with Crippen LogP contribution in [-0.4, -0.2) is 21.6 Å². The van der Waals surface area contributed by atoms with Crippen molar-refractivity contribution in [3.8, 4) is 5.69 Å². The predicted molar refractivity (Wildman–Crippen MR) is 119 cm³/mol. The molecule has 1 aromatic heterocycles. The maximum Gasteiger partial charge on any atom is 0.144 e. The third-order valence-corrected chi connectivity index (χ3v) is 5.79. The molecular formula is C26H21FN2O. The van der Waals surface area contributed by atoms with Crippen molar-refractivity contribution in [3.05, 3.63) is 108 Å². The standard InChI is InChI=1S/C26H21FN2O/c1-18-11-12-19-7-5-6-10-23(19)25(18)26(30,17-27)21-13-14-24-20(15-21)16-28-29(24)22-8-3-2-4-9-22/h2-16,30H,17H2,1H3. The summed E-state index contributed by atoms with van der Waals surface area (Å²) >= 11 is 0. The van der Waals surface area contributed by atoms with Crippen molar-refractivity contribution in [3.63, 3.8) is 0 Å². The summed E-state index contributed by atoms with van der Waals surface area (Å²) in [5, 5.41) is 18.8. The lowest BCUT2D eigenvalue weighted by Gasteiger charge is -2.29. The molecule has 1 heterocycles. The molecule has 0 aliphatic carbocycles. The molecule has 1 N–H and O–H groups in total. The van der Waals surface area contributed by atoms with Crippen molar-refractivity contribution in [2.24, 2.45) is 0 Å². The van der Waals surface area contributed by atoms with E-state index in [1.807, 2.05) is 90.5 Å². The summed E-state index contributed by atoms with van der Waals surface area (Å²) in [7, 11) is 0. The molecule has 5 rings (SSSR count). The zero-order valence-corrected chi connectivity index (χ0v) is 16.6. The number of aromatic nitrogens is 2. The van der Waals surface area contributed by atoms with Crippen LogP contribution in [-0.2, 0) is 5.60 Å². The van der Waals surface area contributed by atoms with E-state index < -0.39 is 12.3 Å². The van der Waals surface area contributed by atoms with Gasteiger partial charge in [-0.2, -0.15) is 5.10 Å². The fourth-order valence-electron chi connectivity index (χ4n) is 4.28. The van der Waals surface area contributed by atoms with Gasteiger partial charge in [-0.15, -0.1) is 0 Å². The molecule has 3 nitrogen and oxygen atoms in total. The first-order valence-corrected chi connectivity index (χ1v) is 9.93. The number of fused-ring (bicyclic) bond motifs is 2. The summed E-state index contributed by atoms with van der Waals surface area (Å²) in [6.45, 7) is 0.995. The molecule has 4 heteroatoms. The van der Waals surface area contributed by atoms with Crippen molar-refractivity contribution in [2.45, 2.75) is 12.5 Å². The van der Waals surface area contributed by atoms with Crippen molar-refractivity contribution in [1.82, 2.24) is 9.78 Å². The van der Waals surface area contributed by atoms with E-state index >= 15 is 0 Å². The van der Waals surface area contributed by atoms with Gasteiger partial charge in [0.05, 0.1) is 17.4 Å². The topological polar surface area (TPSA) is 38.1 Å². The highest BCUT2D eigenvalue weighted by Crippen LogP contribution is 2.38. The molecule has 0 fully saturated rings. The molecule has 1 unspecified atom stereocenters. The average molecular weight is 396 g/mol. The number of hydrogen-bond acceptors (Lipinski definition) is 2. The van der Waals surface area contributed by atoms with E-state index in [1.54, 1.807) is 12.3 Å². The van der Waals surface area contributed by atoms with Crippen molar-refractivity contribution in [2.75, 3.05) is 6.67 Å². The average Bonchev–Trinajstić information content (AvgIpc) is 3.22. The second-order valence-corrected chi connectivity index (χ2v) is 7.64. The second kappa shape index (κ2) is 7.08. The van der Waals surface area contributed by atoms with Gasteiger partial charge in [-0.05, 0) is 53.1 Å². The van der Waals surface area contributed by atoms with Crippen LogP contribution in [0.3, 0.4) is 0 Å². The van der Waals surface area contributed by atoms with E-state index in [9.17, 15) is 9.50 Å². The highest BCUT2D eigenvalue weighted by Gasteiger charge is 2.35. The maximum atomic E-state index is 14.5. The highest BCUT2D eigenvalue weighted by atomic mass is 19.1. The Balaban J connectivity index is 1.70. The molecule has 0 saturated carbocycles. The minimum absolute atomic E-state index is 0.518. The molecule has 0 bridgehead atoms. The van der Waals surface area contributed by atoms with Crippen LogP contribution in [0.25, 0.3) is 27.4 Å². The normalized spacial score (nSPS) is 13.6. The third kappa shape index (κ3) is 2.80. The first kappa shape index (κ1) is 18.5. The molecule has 148 valence electrons. The summed E-state index contributed by atoms with van der Waals surface area (Å²) in [6, 6.07) is 27.1. The Morgan fingerprint density at radius 3 is 2.47 bits per heavy atom. The largest absolute Gasteiger partial charge is 0.378 e. The van der Waals surface area contributed by atoms with Crippen LogP contribution in [0.4, 0.5) is 4.39 Å².